The standard InChI is InChI=1S/C18H17N3O3/c1-14-3-2-4-17(11-14)24-13-18(22)21-20-12-15-5-7-16(8-6-15)23-10-9-19/h2-8,11-12H,10,13H2,1H3,(H,21,22)/b20-12-. The fourth-order valence-corrected chi connectivity index (χ4v) is 1.83. The van der Waals surface area contributed by atoms with Crippen LogP contribution >= 0.6 is 0 Å². The lowest BCUT2D eigenvalue weighted by Gasteiger charge is -2.05. The zero-order valence-electron chi connectivity index (χ0n) is 13.2. The van der Waals surface area contributed by atoms with Crippen molar-refractivity contribution < 1.29 is 14.3 Å². The number of benzene rings is 2. The van der Waals surface area contributed by atoms with Crippen molar-refractivity contribution >= 4 is 12.1 Å². The van der Waals surface area contributed by atoms with E-state index in [2.05, 4.69) is 10.5 Å². The van der Waals surface area contributed by atoms with Gasteiger partial charge in [-0.1, -0.05) is 12.1 Å². The van der Waals surface area contributed by atoms with E-state index < -0.39 is 0 Å². The molecule has 24 heavy (non-hydrogen) atoms. The predicted molar refractivity (Wildman–Crippen MR) is 90.0 cm³/mol. The van der Waals surface area contributed by atoms with Gasteiger partial charge in [0.1, 0.15) is 17.6 Å². The van der Waals surface area contributed by atoms with Gasteiger partial charge in [-0.2, -0.15) is 10.4 Å². The van der Waals surface area contributed by atoms with Crippen LogP contribution in [0.5, 0.6) is 11.5 Å². The Bertz CT molecular complexity index is 749. The maximum atomic E-state index is 11.7. The molecule has 0 aliphatic rings. The van der Waals surface area contributed by atoms with Crippen molar-refractivity contribution in [3.8, 4) is 17.6 Å². The van der Waals surface area contributed by atoms with Crippen molar-refractivity contribution in [1.29, 1.82) is 5.26 Å². The first-order valence-electron chi connectivity index (χ1n) is 7.28. The molecule has 122 valence electrons. The monoisotopic (exact) mass is 323 g/mol. The van der Waals surface area contributed by atoms with Gasteiger partial charge in [0.2, 0.25) is 0 Å². The largest absolute Gasteiger partial charge is 0.484 e. The molecule has 6 nitrogen and oxygen atoms in total. The first-order chi connectivity index (χ1) is 11.7. The summed E-state index contributed by atoms with van der Waals surface area (Å²) in [6.45, 7) is 1.85. The molecule has 1 N–H and O–H groups in total. The van der Waals surface area contributed by atoms with Crippen LogP contribution in [0.4, 0.5) is 0 Å². The van der Waals surface area contributed by atoms with E-state index in [1.807, 2.05) is 31.2 Å². The highest BCUT2D eigenvalue weighted by Gasteiger charge is 2.01. The number of ether oxygens (including phenoxy) is 2. The van der Waals surface area contributed by atoms with E-state index in [1.54, 1.807) is 30.3 Å². The van der Waals surface area contributed by atoms with Crippen LogP contribution in [-0.4, -0.2) is 25.3 Å². The summed E-state index contributed by atoms with van der Waals surface area (Å²) in [6, 6.07) is 16.3. The Balaban J connectivity index is 1.76. The number of nitriles is 1. The van der Waals surface area contributed by atoms with E-state index in [1.165, 1.54) is 6.21 Å². The Hall–Kier alpha value is -3.33. The summed E-state index contributed by atoms with van der Waals surface area (Å²) in [5.74, 6) is 0.896. The second-order valence-electron chi connectivity index (χ2n) is 4.91. The highest BCUT2D eigenvalue weighted by Crippen LogP contribution is 2.12. The van der Waals surface area contributed by atoms with Gasteiger partial charge >= 0.3 is 0 Å². The molecule has 0 aliphatic heterocycles. The van der Waals surface area contributed by atoms with Crippen molar-refractivity contribution in [2.45, 2.75) is 6.92 Å². The van der Waals surface area contributed by atoms with E-state index in [0.717, 1.165) is 11.1 Å². The Labute approximate surface area is 140 Å². The Morgan fingerprint density at radius 1 is 1.21 bits per heavy atom. The minimum atomic E-state index is -0.346. The lowest BCUT2D eigenvalue weighted by Crippen LogP contribution is -2.24. The number of aryl methyl sites for hydroxylation is 1. The van der Waals surface area contributed by atoms with Crippen LogP contribution in [0, 0.1) is 18.3 Å². The van der Waals surface area contributed by atoms with Crippen LogP contribution in [0.2, 0.25) is 0 Å². The van der Waals surface area contributed by atoms with Gasteiger partial charge < -0.3 is 9.47 Å². The van der Waals surface area contributed by atoms with Crippen LogP contribution in [0.3, 0.4) is 0 Å². The van der Waals surface area contributed by atoms with Crippen LogP contribution in [-0.2, 0) is 4.79 Å². The molecule has 0 radical (unpaired) electrons. The van der Waals surface area contributed by atoms with Gasteiger partial charge in [0.25, 0.3) is 5.91 Å². The summed E-state index contributed by atoms with van der Waals surface area (Å²) in [6.07, 6.45) is 1.51. The van der Waals surface area contributed by atoms with E-state index in [0.29, 0.717) is 11.5 Å². The van der Waals surface area contributed by atoms with E-state index >= 15 is 0 Å². The third-order valence-electron chi connectivity index (χ3n) is 2.95. The van der Waals surface area contributed by atoms with Crippen LogP contribution in [0.25, 0.3) is 0 Å². The number of carbonyl (C=O) groups excluding carboxylic acids is 1. The van der Waals surface area contributed by atoms with Gasteiger partial charge in [0.05, 0.1) is 6.21 Å². The second-order valence-corrected chi connectivity index (χ2v) is 4.91. The Kier molecular flexibility index (Phi) is 6.35. The lowest BCUT2D eigenvalue weighted by molar-refractivity contribution is -0.123. The molecule has 0 saturated carbocycles. The zero-order chi connectivity index (χ0) is 17.2. The van der Waals surface area contributed by atoms with Gasteiger partial charge in [0, 0.05) is 0 Å². The van der Waals surface area contributed by atoms with Crippen LogP contribution in [0.15, 0.2) is 53.6 Å². The van der Waals surface area contributed by atoms with Gasteiger partial charge in [-0.3, -0.25) is 4.79 Å². The highest BCUT2D eigenvalue weighted by molar-refractivity contribution is 5.83. The molecule has 1 amide bonds. The average Bonchev–Trinajstić information content (AvgIpc) is 2.59. The molecule has 6 heteroatoms. The molecule has 0 bridgehead atoms. The second kappa shape index (κ2) is 8.96. The fraction of sp³-hybridized carbons (Fsp3) is 0.167. The molecule has 0 saturated heterocycles. The zero-order valence-corrected chi connectivity index (χ0v) is 13.2. The summed E-state index contributed by atoms with van der Waals surface area (Å²) in [5.41, 5.74) is 4.25. The van der Waals surface area contributed by atoms with Crippen LogP contribution in [0.1, 0.15) is 11.1 Å². The highest BCUT2D eigenvalue weighted by atomic mass is 16.5. The summed E-state index contributed by atoms with van der Waals surface area (Å²) >= 11 is 0. The number of hydrogen-bond acceptors (Lipinski definition) is 5. The number of nitrogens with zero attached hydrogens (tertiary/aromatic N) is 2. The van der Waals surface area contributed by atoms with E-state index in [-0.39, 0.29) is 19.1 Å². The quantitative estimate of drug-likeness (QED) is 0.626. The van der Waals surface area contributed by atoms with Crippen molar-refractivity contribution in [3.63, 3.8) is 0 Å². The molecule has 0 aliphatic carbocycles. The number of nitrogens with one attached hydrogen (secondary N) is 1. The minimum Gasteiger partial charge on any atom is -0.484 e. The average molecular weight is 323 g/mol. The summed E-state index contributed by atoms with van der Waals surface area (Å²) in [7, 11) is 0. The topological polar surface area (TPSA) is 83.7 Å². The third kappa shape index (κ3) is 5.81. The molecular weight excluding hydrogens is 306 g/mol. The molecule has 2 aromatic carbocycles. The summed E-state index contributed by atoms with van der Waals surface area (Å²) in [5, 5.41) is 12.3. The first kappa shape index (κ1) is 17.0. The van der Waals surface area contributed by atoms with Crippen molar-refractivity contribution in [2.24, 2.45) is 5.10 Å². The number of carbonyl (C=O) groups is 1. The number of amides is 1. The van der Waals surface area contributed by atoms with Gasteiger partial charge in [-0.25, -0.2) is 5.43 Å². The van der Waals surface area contributed by atoms with Gasteiger partial charge in [0.15, 0.2) is 13.2 Å². The van der Waals surface area contributed by atoms with Crippen molar-refractivity contribution in [2.75, 3.05) is 13.2 Å². The lowest BCUT2D eigenvalue weighted by atomic mass is 10.2. The predicted octanol–water partition coefficient (Wildman–Crippen LogP) is 2.43. The Morgan fingerprint density at radius 2 is 2.00 bits per heavy atom. The molecule has 0 spiro atoms. The fourth-order valence-electron chi connectivity index (χ4n) is 1.83. The maximum absolute atomic E-state index is 11.7. The van der Waals surface area contributed by atoms with Gasteiger partial charge in [-0.05, 0) is 54.4 Å². The van der Waals surface area contributed by atoms with E-state index in [4.69, 9.17) is 14.7 Å². The normalized spacial score (nSPS) is 10.2. The molecule has 0 unspecified atom stereocenters. The number of rotatable bonds is 7. The van der Waals surface area contributed by atoms with Crippen LogP contribution < -0.4 is 14.9 Å². The smallest absolute Gasteiger partial charge is 0.277 e. The molecule has 0 heterocycles. The summed E-state index contributed by atoms with van der Waals surface area (Å²) in [4.78, 5) is 11.7. The molecule has 2 rings (SSSR count). The molecular formula is C18H17N3O3. The summed E-state index contributed by atoms with van der Waals surface area (Å²) < 4.78 is 10.5. The van der Waals surface area contributed by atoms with Crippen molar-refractivity contribution in [1.82, 2.24) is 5.43 Å². The first-order valence-corrected chi connectivity index (χ1v) is 7.28. The van der Waals surface area contributed by atoms with Crippen molar-refractivity contribution in [3.05, 3.63) is 59.7 Å². The molecule has 0 fully saturated rings. The maximum Gasteiger partial charge on any atom is 0.277 e. The number of hydrogen-bond donors (Lipinski definition) is 1. The van der Waals surface area contributed by atoms with Gasteiger partial charge in [-0.15, -0.1) is 0 Å². The minimum absolute atomic E-state index is 0.00440. The molecule has 0 aromatic heterocycles. The Morgan fingerprint density at radius 3 is 2.71 bits per heavy atom. The third-order valence-corrected chi connectivity index (χ3v) is 2.95. The molecule has 0 atom stereocenters. The van der Waals surface area contributed by atoms with E-state index in [9.17, 15) is 4.79 Å². The molecule has 2 aromatic rings. The SMILES string of the molecule is Cc1cccc(OCC(=O)N/N=C\c2ccc(OCC#N)cc2)c1. The number of hydrazone groups is 1.